The van der Waals surface area contributed by atoms with Crippen LogP contribution in [0.25, 0.3) is 6.08 Å². The van der Waals surface area contributed by atoms with Gasteiger partial charge in [-0.1, -0.05) is 11.6 Å². The van der Waals surface area contributed by atoms with E-state index in [1.54, 1.807) is 0 Å². The largest absolute Gasteiger partial charge is 0.404 e. The Hall–Kier alpha value is -1.41. The Balaban J connectivity index is 2.01. The molecule has 8 heteroatoms. The van der Waals surface area contributed by atoms with E-state index in [2.05, 4.69) is 4.98 Å². The lowest BCUT2D eigenvalue weighted by Crippen LogP contribution is -2.41. The first-order chi connectivity index (χ1) is 10.2. The number of rotatable bonds is 3. The van der Waals surface area contributed by atoms with Crippen molar-refractivity contribution in [2.45, 2.75) is 25.9 Å². The van der Waals surface area contributed by atoms with Crippen molar-refractivity contribution >= 4 is 16.1 Å². The summed E-state index contributed by atoms with van der Waals surface area (Å²) in [5, 5.41) is 0. The maximum absolute atomic E-state index is 12.3. The van der Waals surface area contributed by atoms with Gasteiger partial charge in [-0.15, -0.1) is 0 Å². The Labute approximate surface area is 127 Å². The number of sulfonamides is 1. The van der Waals surface area contributed by atoms with E-state index < -0.39 is 22.0 Å². The van der Waals surface area contributed by atoms with Crippen molar-refractivity contribution in [1.82, 2.24) is 9.29 Å². The number of pyridine rings is 1. The lowest BCUT2D eigenvalue weighted by atomic mass is 10.0. The average molecular weight is 334 g/mol. The van der Waals surface area contributed by atoms with Gasteiger partial charge in [0.1, 0.15) is 0 Å². The minimum atomic E-state index is -4.71. The van der Waals surface area contributed by atoms with Gasteiger partial charge >= 0.3 is 6.18 Å². The van der Waals surface area contributed by atoms with Crippen LogP contribution in [0.15, 0.2) is 23.8 Å². The molecule has 0 aliphatic carbocycles. The molecule has 0 radical (unpaired) electrons. The number of halogens is 3. The third-order valence-corrected chi connectivity index (χ3v) is 5.21. The molecule has 122 valence electrons. The first-order valence-electron chi connectivity index (χ1n) is 6.83. The number of piperidine rings is 1. The second-order valence-electron chi connectivity index (χ2n) is 5.28. The summed E-state index contributed by atoms with van der Waals surface area (Å²) in [6.45, 7) is 2.03. The van der Waals surface area contributed by atoms with Crippen LogP contribution in [-0.4, -0.2) is 42.7 Å². The average Bonchev–Trinajstić information content (AvgIpc) is 2.36. The van der Waals surface area contributed by atoms with Crippen molar-refractivity contribution in [3.05, 3.63) is 35.2 Å². The Morgan fingerprint density at radius 3 is 2.45 bits per heavy atom. The summed E-state index contributed by atoms with van der Waals surface area (Å²) in [6.07, 6.45) is -1.99. The third-order valence-electron chi connectivity index (χ3n) is 3.37. The summed E-state index contributed by atoms with van der Waals surface area (Å²) in [5.74, 6) is -1.79. The first-order valence-corrected chi connectivity index (χ1v) is 8.44. The van der Waals surface area contributed by atoms with Gasteiger partial charge < -0.3 is 0 Å². The molecule has 1 fully saturated rings. The molecule has 0 spiro atoms. The highest BCUT2D eigenvalue weighted by Crippen LogP contribution is 2.25. The van der Waals surface area contributed by atoms with Crippen LogP contribution in [0.5, 0.6) is 0 Å². The third kappa shape index (κ3) is 4.81. The fraction of sp³-hybridized carbons (Fsp3) is 0.500. The Bertz CT molecular complexity index is 659. The summed E-state index contributed by atoms with van der Waals surface area (Å²) in [7, 11) is -4.28. The lowest BCUT2D eigenvalue weighted by Gasteiger charge is -2.28. The van der Waals surface area contributed by atoms with Gasteiger partial charge in [0.15, 0.2) is 5.75 Å². The molecule has 0 amide bonds. The van der Waals surface area contributed by atoms with E-state index >= 15 is 0 Å². The second-order valence-corrected chi connectivity index (χ2v) is 7.25. The fourth-order valence-corrected chi connectivity index (χ4v) is 3.68. The van der Waals surface area contributed by atoms with E-state index in [1.807, 2.05) is 31.2 Å². The molecule has 2 heterocycles. The molecular formula is C14H17F3N2O2S. The van der Waals surface area contributed by atoms with Gasteiger partial charge in [0.25, 0.3) is 0 Å². The van der Waals surface area contributed by atoms with Gasteiger partial charge in [-0.2, -0.15) is 13.2 Å². The summed E-state index contributed by atoms with van der Waals surface area (Å²) < 4.78 is 61.1. The molecule has 1 aromatic rings. The number of aryl methyl sites for hydroxylation is 1. The van der Waals surface area contributed by atoms with Crippen LogP contribution in [0.2, 0.25) is 0 Å². The Morgan fingerprint density at radius 1 is 1.27 bits per heavy atom. The lowest BCUT2D eigenvalue weighted by molar-refractivity contribution is -0.107. The molecule has 0 bridgehead atoms. The van der Waals surface area contributed by atoms with Gasteiger partial charge in [0, 0.05) is 18.8 Å². The van der Waals surface area contributed by atoms with Crippen LogP contribution >= 0.6 is 0 Å². The molecule has 1 aliphatic heterocycles. The standard InChI is InChI=1S/C14H17F3N2O2S/c1-11-3-2-4-13(18-11)9-12-5-7-19(8-6-12)22(20,21)10-14(15,16)17/h2-4,9H,5-8,10H2,1H3. The van der Waals surface area contributed by atoms with Crippen molar-refractivity contribution in [2.24, 2.45) is 0 Å². The van der Waals surface area contributed by atoms with Crippen LogP contribution in [0.1, 0.15) is 24.2 Å². The van der Waals surface area contributed by atoms with Gasteiger partial charge in [-0.25, -0.2) is 12.7 Å². The van der Waals surface area contributed by atoms with Crippen LogP contribution in [0.4, 0.5) is 13.2 Å². The Morgan fingerprint density at radius 2 is 1.91 bits per heavy atom. The maximum Gasteiger partial charge on any atom is 0.404 e. The van der Waals surface area contributed by atoms with Gasteiger partial charge in [0.2, 0.25) is 10.0 Å². The second kappa shape index (κ2) is 6.37. The molecule has 1 aliphatic rings. The quantitative estimate of drug-likeness (QED) is 0.854. The first kappa shape index (κ1) is 17.0. The predicted molar refractivity (Wildman–Crippen MR) is 77.6 cm³/mol. The van der Waals surface area contributed by atoms with Crippen LogP contribution in [-0.2, 0) is 10.0 Å². The van der Waals surface area contributed by atoms with Crippen molar-refractivity contribution in [1.29, 1.82) is 0 Å². The molecule has 0 saturated carbocycles. The van der Waals surface area contributed by atoms with E-state index in [-0.39, 0.29) is 13.1 Å². The van der Waals surface area contributed by atoms with Crippen LogP contribution in [0.3, 0.4) is 0 Å². The predicted octanol–water partition coefficient (Wildman–Crippen LogP) is 2.76. The van der Waals surface area contributed by atoms with E-state index in [1.165, 1.54) is 0 Å². The van der Waals surface area contributed by atoms with Crippen LogP contribution in [0, 0.1) is 6.92 Å². The van der Waals surface area contributed by atoms with E-state index in [0.29, 0.717) is 12.8 Å². The minimum absolute atomic E-state index is 0.0794. The van der Waals surface area contributed by atoms with Crippen molar-refractivity contribution < 1.29 is 21.6 Å². The summed E-state index contributed by atoms with van der Waals surface area (Å²) in [6, 6.07) is 5.58. The summed E-state index contributed by atoms with van der Waals surface area (Å²) in [5.41, 5.74) is 2.65. The summed E-state index contributed by atoms with van der Waals surface area (Å²) >= 11 is 0. The molecule has 0 unspecified atom stereocenters. The Kier molecular flexibility index (Phi) is 4.91. The van der Waals surface area contributed by atoms with Crippen molar-refractivity contribution in [2.75, 3.05) is 18.8 Å². The van der Waals surface area contributed by atoms with E-state index in [9.17, 15) is 21.6 Å². The molecule has 22 heavy (non-hydrogen) atoms. The monoisotopic (exact) mass is 334 g/mol. The summed E-state index contributed by atoms with van der Waals surface area (Å²) in [4.78, 5) is 4.33. The highest BCUT2D eigenvalue weighted by atomic mass is 32.2. The highest BCUT2D eigenvalue weighted by Gasteiger charge is 2.38. The molecular weight excluding hydrogens is 317 g/mol. The van der Waals surface area contributed by atoms with Gasteiger partial charge in [-0.05, 0) is 38.0 Å². The molecule has 4 nitrogen and oxygen atoms in total. The topological polar surface area (TPSA) is 50.3 Å². The number of aromatic nitrogens is 1. The van der Waals surface area contributed by atoms with Crippen molar-refractivity contribution in [3.63, 3.8) is 0 Å². The van der Waals surface area contributed by atoms with Crippen LogP contribution < -0.4 is 0 Å². The zero-order valence-corrected chi connectivity index (χ0v) is 12.9. The zero-order chi connectivity index (χ0) is 16.4. The molecule has 1 saturated heterocycles. The highest BCUT2D eigenvalue weighted by molar-refractivity contribution is 7.89. The number of alkyl halides is 3. The number of nitrogens with zero attached hydrogens (tertiary/aromatic N) is 2. The number of hydrogen-bond acceptors (Lipinski definition) is 3. The SMILES string of the molecule is Cc1cccc(C=C2CCN(S(=O)(=O)CC(F)(F)F)CC2)n1. The smallest absolute Gasteiger partial charge is 0.254 e. The fourth-order valence-electron chi connectivity index (χ4n) is 2.35. The van der Waals surface area contributed by atoms with E-state index in [4.69, 9.17) is 0 Å². The normalized spacial score (nSPS) is 17.5. The van der Waals surface area contributed by atoms with Gasteiger partial charge in [-0.3, -0.25) is 4.98 Å². The number of hydrogen-bond donors (Lipinski definition) is 0. The minimum Gasteiger partial charge on any atom is -0.254 e. The van der Waals surface area contributed by atoms with Gasteiger partial charge in [0.05, 0.1) is 5.69 Å². The molecule has 0 aromatic carbocycles. The van der Waals surface area contributed by atoms with Crippen molar-refractivity contribution in [3.8, 4) is 0 Å². The zero-order valence-electron chi connectivity index (χ0n) is 12.1. The van der Waals surface area contributed by atoms with E-state index in [0.717, 1.165) is 21.3 Å². The molecule has 1 aromatic heterocycles. The molecule has 0 N–H and O–H groups in total. The molecule has 2 rings (SSSR count). The maximum atomic E-state index is 12.3. The molecule has 0 atom stereocenters.